The first-order chi connectivity index (χ1) is 9.69. The van der Waals surface area contributed by atoms with Gasteiger partial charge in [-0.2, -0.15) is 0 Å². The third-order valence-electron chi connectivity index (χ3n) is 4.13. The molecule has 2 atom stereocenters. The number of hydrogen-bond donors (Lipinski definition) is 1. The zero-order valence-corrected chi connectivity index (χ0v) is 12.2. The predicted octanol–water partition coefficient (Wildman–Crippen LogP) is 1.82. The summed E-state index contributed by atoms with van der Waals surface area (Å²) in [5, 5.41) is 0. The minimum absolute atomic E-state index is 0.300. The minimum atomic E-state index is -0.332. The normalized spacial score (nSPS) is 22.6. The number of esters is 1. The molecule has 0 radical (unpaired) electrons. The lowest BCUT2D eigenvalue weighted by Gasteiger charge is -2.39. The van der Waals surface area contributed by atoms with Crippen molar-refractivity contribution in [2.75, 3.05) is 25.1 Å². The van der Waals surface area contributed by atoms with E-state index in [9.17, 15) is 4.79 Å². The van der Waals surface area contributed by atoms with Crippen molar-refractivity contribution in [3.63, 3.8) is 0 Å². The molecular formula is C15H23N3O2. The maximum Gasteiger partial charge on any atom is 0.338 e. The van der Waals surface area contributed by atoms with E-state index in [4.69, 9.17) is 10.5 Å². The van der Waals surface area contributed by atoms with Gasteiger partial charge in [-0.3, -0.25) is 0 Å². The van der Waals surface area contributed by atoms with Crippen molar-refractivity contribution in [3.05, 3.63) is 23.9 Å². The number of pyridine rings is 1. The van der Waals surface area contributed by atoms with E-state index in [1.807, 2.05) is 0 Å². The first kappa shape index (κ1) is 14.8. The van der Waals surface area contributed by atoms with Crippen molar-refractivity contribution in [1.29, 1.82) is 0 Å². The number of piperidine rings is 1. The quantitative estimate of drug-likeness (QED) is 0.850. The van der Waals surface area contributed by atoms with Gasteiger partial charge < -0.3 is 15.4 Å². The van der Waals surface area contributed by atoms with Crippen molar-refractivity contribution in [2.45, 2.75) is 32.2 Å². The van der Waals surface area contributed by atoms with E-state index in [0.717, 1.165) is 31.1 Å². The Morgan fingerprint density at radius 1 is 1.60 bits per heavy atom. The Labute approximate surface area is 120 Å². The number of anilines is 1. The monoisotopic (exact) mass is 277 g/mol. The Bertz CT molecular complexity index is 464. The van der Waals surface area contributed by atoms with Gasteiger partial charge in [0, 0.05) is 25.3 Å². The lowest BCUT2D eigenvalue weighted by Crippen LogP contribution is -2.47. The van der Waals surface area contributed by atoms with Crippen LogP contribution in [-0.4, -0.2) is 37.2 Å². The standard InChI is InChI=1S/C15H23N3O2/c1-3-11-5-7-18(13(8-11)10-16)14-9-12(4-6-17-14)15(19)20-2/h4,6,9,11,13H,3,5,7-8,10,16H2,1-2H3. The fourth-order valence-electron chi connectivity index (χ4n) is 2.85. The molecule has 0 amide bonds. The second kappa shape index (κ2) is 6.70. The minimum Gasteiger partial charge on any atom is -0.465 e. The molecule has 5 heteroatoms. The first-order valence-electron chi connectivity index (χ1n) is 7.20. The first-order valence-corrected chi connectivity index (χ1v) is 7.20. The lowest BCUT2D eigenvalue weighted by molar-refractivity contribution is 0.0600. The molecule has 1 aromatic heterocycles. The van der Waals surface area contributed by atoms with Gasteiger partial charge in [-0.1, -0.05) is 13.3 Å². The second-order valence-electron chi connectivity index (χ2n) is 5.28. The molecule has 0 spiro atoms. The van der Waals surface area contributed by atoms with Crippen molar-refractivity contribution in [3.8, 4) is 0 Å². The lowest BCUT2D eigenvalue weighted by atomic mass is 9.89. The average molecular weight is 277 g/mol. The molecule has 2 unspecified atom stereocenters. The summed E-state index contributed by atoms with van der Waals surface area (Å²) in [4.78, 5) is 18.2. The van der Waals surface area contributed by atoms with E-state index in [2.05, 4.69) is 16.8 Å². The summed E-state index contributed by atoms with van der Waals surface area (Å²) >= 11 is 0. The molecule has 110 valence electrons. The van der Waals surface area contributed by atoms with E-state index < -0.39 is 0 Å². The van der Waals surface area contributed by atoms with Crippen molar-refractivity contribution in [1.82, 2.24) is 4.98 Å². The highest BCUT2D eigenvalue weighted by Crippen LogP contribution is 2.28. The predicted molar refractivity (Wildman–Crippen MR) is 78.8 cm³/mol. The van der Waals surface area contributed by atoms with E-state index in [-0.39, 0.29) is 5.97 Å². The number of carbonyl (C=O) groups is 1. The van der Waals surface area contributed by atoms with Crippen LogP contribution in [0.25, 0.3) is 0 Å². The van der Waals surface area contributed by atoms with E-state index in [1.165, 1.54) is 13.5 Å². The average Bonchev–Trinajstić information content (AvgIpc) is 2.53. The molecule has 2 heterocycles. The van der Waals surface area contributed by atoms with Gasteiger partial charge in [-0.05, 0) is 30.9 Å². The number of methoxy groups -OCH3 is 1. The molecular weight excluding hydrogens is 254 g/mol. The topological polar surface area (TPSA) is 68.5 Å². The van der Waals surface area contributed by atoms with E-state index >= 15 is 0 Å². The molecule has 0 aromatic carbocycles. The van der Waals surface area contributed by atoms with Crippen LogP contribution >= 0.6 is 0 Å². The highest BCUT2D eigenvalue weighted by atomic mass is 16.5. The number of ether oxygens (including phenoxy) is 1. The Morgan fingerprint density at radius 2 is 2.40 bits per heavy atom. The van der Waals surface area contributed by atoms with Crippen LogP contribution in [0.2, 0.25) is 0 Å². The van der Waals surface area contributed by atoms with E-state index in [1.54, 1.807) is 18.3 Å². The third-order valence-corrected chi connectivity index (χ3v) is 4.13. The number of carbonyl (C=O) groups excluding carboxylic acids is 1. The Kier molecular flexibility index (Phi) is 4.95. The van der Waals surface area contributed by atoms with Crippen LogP contribution in [0.15, 0.2) is 18.3 Å². The van der Waals surface area contributed by atoms with Gasteiger partial charge in [0.1, 0.15) is 5.82 Å². The molecule has 2 rings (SSSR count). The van der Waals surface area contributed by atoms with Crippen molar-refractivity contribution in [2.24, 2.45) is 11.7 Å². The molecule has 1 aromatic rings. The molecule has 1 aliphatic heterocycles. The fraction of sp³-hybridized carbons (Fsp3) is 0.600. The summed E-state index contributed by atoms with van der Waals surface area (Å²) in [6, 6.07) is 3.76. The Morgan fingerprint density at radius 3 is 3.05 bits per heavy atom. The number of rotatable bonds is 4. The zero-order valence-electron chi connectivity index (χ0n) is 12.2. The van der Waals surface area contributed by atoms with Gasteiger partial charge in [0.05, 0.1) is 12.7 Å². The molecule has 2 N–H and O–H groups in total. The summed E-state index contributed by atoms with van der Waals surface area (Å²) in [5.74, 6) is 1.22. The molecule has 0 saturated carbocycles. The van der Waals surface area contributed by atoms with Crippen LogP contribution in [-0.2, 0) is 4.74 Å². The maximum absolute atomic E-state index is 11.6. The fourth-order valence-corrected chi connectivity index (χ4v) is 2.85. The van der Waals surface area contributed by atoms with Crippen LogP contribution < -0.4 is 10.6 Å². The zero-order chi connectivity index (χ0) is 14.5. The summed E-state index contributed by atoms with van der Waals surface area (Å²) in [5.41, 5.74) is 6.44. The van der Waals surface area contributed by atoms with Gasteiger partial charge in [-0.15, -0.1) is 0 Å². The van der Waals surface area contributed by atoms with Crippen LogP contribution in [0.4, 0.5) is 5.82 Å². The SMILES string of the molecule is CCC1CCN(c2cc(C(=O)OC)ccn2)C(CN)C1. The van der Waals surface area contributed by atoms with Crippen LogP contribution in [0.1, 0.15) is 36.5 Å². The largest absolute Gasteiger partial charge is 0.465 e. The molecule has 1 saturated heterocycles. The van der Waals surface area contributed by atoms with Crippen LogP contribution in [0.3, 0.4) is 0 Å². The highest BCUT2D eigenvalue weighted by Gasteiger charge is 2.27. The maximum atomic E-state index is 11.6. The molecule has 1 fully saturated rings. The second-order valence-corrected chi connectivity index (χ2v) is 5.28. The molecule has 20 heavy (non-hydrogen) atoms. The molecule has 5 nitrogen and oxygen atoms in total. The number of hydrogen-bond acceptors (Lipinski definition) is 5. The van der Waals surface area contributed by atoms with E-state index in [0.29, 0.717) is 18.2 Å². The van der Waals surface area contributed by atoms with Crippen molar-refractivity contribution >= 4 is 11.8 Å². The van der Waals surface area contributed by atoms with Gasteiger partial charge in [0.2, 0.25) is 0 Å². The smallest absolute Gasteiger partial charge is 0.338 e. The number of nitrogens with zero attached hydrogens (tertiary/aromatic N) is 2. The molecule has 1 aliphatic rings. The third kappa shape index (κ3) is 3.10. The molecule has 0 bridgehead atoms. The summed E-state index contributed by atoms with van der Waals surface area (Å²) in [6.45, 7) is 3.78. The summed E-state index contributed by atoms with van der Waals surface area (Å²) < 4.78 is 4.76. The number of nitrogens with two attached hydrogens (primary N) is 1. The Hall–Kier alpha value is -1.62. The summed E-state index contributed by atoms with van der Waals surface area (Å²) in [6.07, 6.45) is 5.09. The molecule has 0 aliphatic carbocycles. The summed E-state index contributed by atoms with van der Waals surface area (Å²) in [7, 11) is 1.39. The Balaban J connectivity index is 2.19. The van der Waals surface area contributed by atoms with Gasteiger partial charge in [0.15, 0.2) is 0 Å². The van der Waals surface area contributed by atoms with Crippen molar-refractivity contribution < 1.29 is 9.53 Å². The van der Waals surface area contributed by atoms with Gasteiger partial charge in [0.25, 0.3) is 0 Å². The van der Waals surface area contributed by atoms with Crippen LogP contribution in [0, 0.1) is 5.92 Å². The number of aromatic nitrogens is 1. The van der Waals surface area contributed by atoms with Crippen LogP contribution in [0.5, 0.6) is 0 Å². The van der Waals surface area contributed by atoms with Gasteiger partial charge >= 0.3 is 5.97 Å². The highest BCUT2D eigenvalue weighted by molar-refractivity contribution is 5.90. The van der Waals surface area contributed by atoms with Gasteiger partial charge in [-0.25, -0.2) is 9.78 Å².